The highest BCUT2D eigenvalue weighted by atomic mass is 16.3. The van der Waals surface area contributed by atoms with Gasteiger partial charge in [0.2, 0.25) is 0 Å². The third kappa shape index (κ3) is 3.56. The zero-order chi connectivity index (χ0) is 11.9. The van der Waals surface area contributed by atoms with Gasteiger partial charge in [-0.05, 0) is 25.7 Å². The van der Waals surface area contributed by atoms with Crippen LogP contribution < -0.4 is 10.2 Å². The third-order valence-electron chi connectivity index (χ3n) is 2.97. The van der Waals surface area contributed by atoms with E-state index in [2.05, 4.69) is 20.2 Å². The summed E-state index contributed by atoms with van der Waals surface area (Å²) in [5, 5.41) is 11.9. The van der Waals surface area contributed by atoms with E-state index in [1.54, 1.807) is 6.33 Å². The maximum absolute atomic E-state index is 8.72. The van der Waals surface area contributed by atoms with Gasteiger partial charge in [-0.1, -0.05) is 0 Å². The number of aliphatic hydroxyl groups excluding tert-OH is 1. The summed E-state index contributed by atoms with van der Waals surface area (Å²) in [6.45, 7) is 3.13. The van der Waals surface area contributed by atoms with Crippen molar-refractivity contribution in [1.82, 2.24) is 9.97 Å². The van der Waals surface area contributed by atoms with Crippen molar-refractivity contribution in [2.24, 2.45) is 0 Å². The molecule has 0 unspecified atom stereocenters. The Labute approximate surface area is 102 Å². The molecule has 0 aromatic carbocycles. The van der Waals surface area contributed by atoms with Gasteiger partial charge in [0.1, 0.15) is 18.0 Å². The molecule has 0 radical (unpaired) electrons. The second-order valence-corrected chi connectivity index (χ2v) is 4.31. The van der Waals surface area contributed by atoms with Gasteiger partial charge < -0.3 is 15.3 Å². The molecule has 2 heterocycles. The Morgan fingerprint density at radius 1 is 1.24 bits per heavy atom. The lowest BCUT2D eigenvalue weighted by atomic mass is 10.1. The summed E-state index contributed by atoms with van der Waals surface area (Å²) in [4.78, 5) is 10.8. The molecular formula is C12H20N4O. The van der Waals surface area contributed by atoms with Crippen LogP contribution in [0.2, 0.25) is 0 Å². The first-order valence-corrected chi connectivity index (χ1v) is 6.32. The van der Waals surface area contributed by atoms with Gasteiger partial charge in [0.15, 0.2) is 0 Å². The van der Waals surface area contributed by atoms with Crippen molar-refractivity contribution < 1.29 is 5.11 Å². The maximum atomic E-state index is 8.72. The number of nitrogens with one attached hydrogen (secondary N) is 1. The minimum absolute atomic E-state index is 0.205. The molecule has 1 aromatic rings. The second kappa shape index (κ2) is 6.39. The fourth-order valence-electron chi connectivity index (χ4n) is 2.04. The normalized spacial score (nSPS) is 15.9. The van der Waals surface area contributed by atoms with E-state index >= 15 is 0 Å². The van der Waals surface area contributed by atoms with Crippen LogP contribution in [-0.4, -0.2) is 41.3 Å². The third-order valence-corrected chi connectivity index (χ3v) is 2.97. The standard InChI is InChI=1S/C12H20N4O/c17-8-4-5-13-11-9-12(15-10-14-11)16-6-2-1-3-7-16/h9-10,17H,1-8H2,(H,13,14,15). The Bertz CT molecular complexity index is 339. The summed E-state index contributed by atoms with van der Waals surface area (Å²) in [6, 6.07) is 1.99. The molecule has 1 aromatic heterocycles. The van der Waals surface area contributed by atoms with Gasteiger partial charge in [-0.2, -0.15) is 0 Å². The predicted octanol–water partition coefficient (Wildman–Crippen LogP) is 1.26. The molecule has 2 rings (SSSR count). The van der Waals surface area contributed by atoms with Crippen LogP contribution in [0.4, 0.5) is 11.6 Å². The van der Waals surface area contributed by atoms with Gasteiger partial charge in [-0.3, -0.25) is 0 Å². The Balaban J connectivity index is 1.95. The lowest BCUT2D eigenvalue weighted by molar-refractivity contribution is 0.292. The molecule has 94 valence electrons. The first-order valence-electron chi connectivity index (χ1n) is 6.32. The molecule has 0 aliphatic carbocycles. The number of piperidine rings is 1. The number of hydrogen-bond donors (Lipinski definition) is 2. The molecule has 0 bridgehead atoms. The molecule has 0 saturated carbocycles. The number of hydrogen-bond acceptors (Lipinski definition) is 5. The van der Waals surface area contributed by atoms with Crippen LogP contribution in [-0.2, 0) is 0 Å². The van der Waals surface area contributed by atoms with E-state index in [1.165, 1.54) is 19.3 Å². The summed E-state index contributed by atoms with van der Waals surface area (Å²) in [7, 11) is 0. The van der Waals surface area contributed by atoms with E-state index in [0.29, 0.717) is 0 Å². The highest BCUT2D eigenvalue weighted by Crippen LogP contribution is 2.18. The van der Waals surface area contributed by atoms with Gasteiger partial charge in [0.05, 0.1) is 0 Å². The fourth-order valence-corrected chi connectivity index (χ4v) is 2.04. The highest BCUT2D eigenvalue weighted by Gasteiger charge is 2.12. The van der Waals surface area contributed by atoms with Crippen LogP contribution in [0, 0.1) is 0 Å². The van der Waals surface area contributed by atoms with Crippen LogP contribution in [0.1, 0.15) is 25.7 Å². The molecule has 17 heavy (non-hydrogen) atoms. The van der Waals surface area contributed by atoms with E-state index in [4.69, 9.17) is 5.11 Å². The maximum Gasteiger partial charge on any atom is 0.134 e. The summed E-state index contributed by atoms with van der Waals surface area (Å²) < 4.78 is 0. The van der Waals surface area contributed by atoms with E-state index < -0.39 is 0 Å². The molecule has 1 fully saturated rings. The van der Waals surface area contributed by atoms with Gasteiger partial charge in [-0.25, -0.2) is 9.97 Å². The number of rotatable bonds is 5. The van der Waals surface area contributed by atoms with Crippen molar-refractivity contribution in [3.63, 3.8) is 0 Å². The van der Waals surface area contributed by atoms with Gasteiger partial charge in [0, 0.05) is 32.3 Å². The minimum Gasteiger partial charge on any atom is -0.396 e. The number of aromatic nitrogens is 2. The fraction of sp³-hybridized carbons (Fsp3) is 0.667. The summed E-state index contributed by atoms with van der Waals surface area (Å²) >= 11 is 0. The van der Waals surface area contributed by atoms with Crippen molar-refractivity contribution in [1.29, 1.82) is 0 Å². The first-order chi connectivity index (χ1) is 8.40. The number of anilines is 2. The lowest BCUT2D eigenvalue weighted by Gasteiger charge is -2.27. The zero-order valence-corrected chi connectivity index (χ0v) is 10.1. The predicted molar refractivity (Wildman–Crippen MR) is 68.3 cm³/mol. The second-order valence-electron chi connectivity index (χ2n) is 4.31. The summed E-state index contributed by atoms with van der Waals surface area (Å²) in [6.07, 6.45) is 6.16. The largest absolute Gasteiger partial charge is 0.396 e. The number of nitrogens with zero attached hydrogens (tertiary/aromatic N) is 3. The van der Waals surface area contributed by atoms with Gasteiger partial charge in [-0.15, -0.1) is 0 Å². The molecule has 0 amide bonds. The topological polar surface area (TPSA) is 61.3 Å². The van der Waals surface area contributed by atoms with Crippen molar-refractivity contribution in [2.75, 3.05) is 36.5 Å². The van der Waals surface area contributed by atoms with E-state index in [9.17, 15) is 0 Å². The summed E-state index contributed by atoms with van der Waals surface area (Å²) in [5.74, 6) is 1.85. The molecule has 0 atom stereocenters. The van der Waals surface area contributed by atoms with Crippen molar-refractivity contribution in [3.8, 4) is 0 Å². The van der Waals surface area contributed by atoms with Crippen LogP contribution in [0.15, 0.2) is 12.4 Å². The van der Waals surface area contributed by atoms with Gasteiger partial charge in [0.25, 0.3) is 0 Å². The highest BCUT2D eigenvalue weighted by molar-refractivity contribution is 5.48. The monoisotopic (exact) mass is 236 g/mol. The van der Waals surface area contributed by atoms with E-state index in [1.807, 2.05) is 6.07 Å². The zero-order valence-electron chi connectivity index (χ0n) is 10.1. The molecular weight excluding hydrogens is 216 g/mol. The SMILES string of the molecule is OCCCNc1cc(N2CCCCC2)ncn1. The minimum atomic E-state index is 0.205. The average molecular weight is 236 g/mol. The number of aliphatic hydroxyl groups is 1. The van der Waals surface area contributed by atoms with Crippen molar-refractivity contribution >= 4 is 11.6 Å². The van der Waals surface area contributed by atoms with Crippen LogP contribution in [0.25, 0.3) is 0 Å². The van der Waals surface area contributed by atoms with E-state index in [0.717, 1.165) is 37.7 Å². The molecule has 2 N–H and O–H groups in total. The Morgan fingerprint density at radius 3 is 2.82 bits per heavy atom. The van der Waals surface area contributed by atoms with Crippen LogP contribution >= 0.6 is 0 Å². The molecule has 0 spiro atoms. The molecule has 5 heteroatoms. The van der Waals surface area contributed by atoms with Crippen molar-refractivity contribution in [2.45, 2.75) is 25.7 Å². The van der Waals surface area contributed by atoms with Crippen molar-refractivity contribution in [3.05, 3.63) is 12.4 Å². The molecule has 5 nitrogen and oxygen atoms in total. The van der Waals surface area contributed by atoms with E-state index in [-0.39, 0.29) is 6.61 Å². The van der Waals surface area contributed by atoms with Crippen LogP contribution in [0.3, 0.4) is 0 Å². The Morgan fingerprint density at radius 2 is 2.06 bits per heavy atom. The Kier molecular flexibility index (Phi) is 4.55. The molecule has 1 saturated heterocycles. The molecule has 1 aliphatic heterocycles. The smallest absolute Gasteiger partial charge is 0.134 e. The summed E-state index contributed by atoms with van der Waals surface area (Å²) in [5.41, 5.74) is 0. The van der Waals surface area contributed by atoms with Crippen LogP contribution in [0.5, 0.6) is 0 Å². The Hall–Kier alpha value is -1.36. The van der Waals surface area contributed by atoms with Gasteiger partial charge >= 0.3 is 0 Å². The quantitative estimate of drug-likeness (QED) is 0.754. The molecule has 1 aliphatic rings. The first kappa shape index (κ1) is 12.1. The lowest BCUT2D eigenvalue weighted by Crippen LogP contribution is -2.30. The average Bonchev–Trinajstić information content (AvgIpc) is 2.41.